The Labute approximate surface area is 256 Å². The van der Waals surface area contributed by atoms with Crippen LogP contribution >= 0.6 is 0 Å². The Morgan fingerprint density at radius 2 is 1.56 bits per heavy atom. The maximum Gasteiger partial charge on any atom is 0.408 e. The van der Waals surface area contributed by atoms with Gasteiger partial charge in [-0.3, -0.25) is 9.59 Å². The summed E-state index contributed by atoms with van der Waals surface area (Å²) in [4.78, 5) is 43.4. The second kappa shape index (κ2) is 13.8. The first kappa shape index (κ1) is 33.2. The minimum Gasteiger partial charge on any atom is -0.444 e. The zero-order valence-corrected chi connectivity index (χ0v) is 26.7. The third-order valence-electron chi connectivity index (χ3n) is 7.37. The molecular formula is C36H45N3O4. The summed E-state index contributed by atoms with van der Waals surface area (Å²) >= 11 is 0. The average molecular weight is 584 g/mol. The van der Waals surface area contributed by atoms with Crippen molar-refractivity contribution in [2.75, 3.05) is 5.32 Å². The first-order valence-electron chi connectivity index (χ1n) is 14.8. The molecule has 3 aromatic rings. The molecule has 0 aliphatic rings. The van der Waals surface area contributed by atoms with E-state index in [1.165, 1.54) is 0 Å². The Balaban J connectivity index is 2.12. The predicted octanol–water partition coefficient (Wildman–Crippen LogP) is 7.46. The van der Waals surface area contributed by atoms with Gasteiger partial charge in [0.2, 0.25) is 5.91 Å². The molecule has 7 nitrogen and oxygen atoms in total. The van der Waals surface area contributed by atoms with Crippen LogP contribution in [0.5, 0.6) is 0 Å². The van der Waals surface area contributed by atoms with E-state index in [9.17, 15) is 14.4 Å². The smallest absolute Gasteiger partial charge is 0.408 e. The number of hydrogen-bond acceptors (Lipinski definition) is 4. The van der Waals surface area contributed by atoms with E-state index in [4.69, 9.17) is 11.2 Å². The van der Waals surface area contributed by atoms with Gasteiger partial charge >= 0.3 is 6.09 Å². The summed E-state index contributed by atoms with van der Waals surface area (Å²) < 4.78 is 5.51. The molecule has 3 aromatic carbocycles. The van der Waals surface area contributed by atoms with Gasteiger partial charge in [0, 0.05) is 16.8 Å². The van der Waals surface area contributed by atoms with Crippen molar-refractivity contribution < 1.29 is 19.1 Å². The Morgan fingerprint density at radius 1 is 0.930 bits per heavy atom. The molecule has 0 spiro atoms. The van der Waals surface area contributed by atoms with Crippen LogP contribution < -0.4 is 10.6 Å². The van der Waals surface area contributed by atoms with Crippen LogP contribution in [-0.4, -0.2) is 40.0 Å². The Bertz CT molecular complexity index is 1480. The third kappa shape index (κ3) is 8.84. The fraction of sp³-hybridized carbons (Fsp3) is 0.417. The minimum absolute atomic E-state index is 0.0789. The number of ether oxygens (including phenoxy) is 1. The molecule has 0 saturated carbocycles. The first-order chi connectivity index (χ1) is 20.1. The SMILES string of the molecule is C#Cc1ccc(C(C(=O)Nc2ccc3ccccc3c2)N(C(=O)C(CC(C)C)NC(=O)OC(C)(C)C)C(C)(C)CC)cc1. The molecule has 0 aliphatic carbocycles. The lowest BCUT2D eigenvalue weighted by Crippen LogP contribution is -2.59. The normalized spacial score (nSPS) is 13.1. The van der Waals surface area contributed by atoms with Crippen LogP contribution in [0.3, 0.4) is 0 Å². The number of anilines is 1. The highest BCUT2D eigenvalue weighted by atomic mass is 16.6. The van der Waals surface area contributed by atoms with Crippen molar-refractivity contribution in [1.29, 1.82) is 0 Å². The topological polar surface area (TPSA) is 87.7 Å². The van der Waals surface area contributed by atoms with Gasteiger partial charge in [0.1, 0.15) is 17.7 Å². The molecule has 2 unspecified atom stereocenters. The van der Waals surface area contributed by atoms with Crippen LogP contribution in [-0.2, 0) is 14.3 Å². The maximum absolute atomic E-state index is 14.6. The number of amides is 3. The summed E-state index contributed by atoms with van der Waals surface area (Å²) in [5.74, 6) is 1.94. The van der Waals surface area contributed by atoms with Gasteiger partial charge in [0.15, 0.2) is 0 Å². The highest BCUT2D eigenvalue weighted by Crippen LogP contribution is 2.34. The minimum atomic E-state index is -1.02. The number of carbonyl (C=O) groups is 3. The van der Waals surface area contributed by atoms with E-state index in [-0.39, 0.29) is 17.7 Å². The predicted molar refractivity (Wildman–Crippen MR) is 174 cm³/mol. The maximum atomic E-state index is 14.6. The van der Waals surface area contributed by atoms with E-state index < -0.39 is 29.3 Å². The van der Waals surface area contributed by atoms with E-state index in [0.717, 1.165) is 10.8 Å². The standard InChI is InChI=1S/C36H45N3O4/c1-10-25-16-18-27(19-17-25)31(32(40)37-29-21-20-26-14-12-13-15-28(26)23-29)39(36(8,9)11-2)33(41)30(22-24(3)4)38-34(42)43-35(5,6)7/h1,12-21,23-24,30-31H,11,22H2,2-9H3,(H,37,40)(H,38,42). The molecule has 3 rings (SSSR count). The highest BCUT2D eigenvalue weighted by molar-refractivity contribution is 6.00. The van der Waals surface area contributed by atoms with Crippen molar-refractivity contribution in [3.8, 4) is 12.3 Å². The third-order valence-corrected chi connectivity index (χ3v) is 7.37. The van der Waals surface area contributed by atoms with E-state index >= 15 is 0 Å². The van der Waals surface area contributed by atoms with Crippen LogP contribution in [0.1, 0.15) is 85.4 Å². The van der Waals surface area contributed by atoms with Gasteiger partial charge in [0.05, 0.1) is 0 Å². The number of benzene rings is 3. The van der Waals surface area contributed by atoms with Gasteiger partial charge in [-0.2, -0.15) is 0 Å². The largest absolute Gasteiger partial charge is 0.444 e. The Morgan fingerprint density at radius 3 is 2.12 bits per heavy atom. The number of alkyl carbamates (subject to hydrolysis) is 1. The number of nitrogens with zero attached hydrogens (tertiary/aromatic N) is 1. The molecule has 3 amide bonds. The summed E-state index contributed by atoms with van der Waals surface area (Å²) in [6, 6.07) is 18.8. The molecule has 43 heavy (non-hydrogen) atoms. The van der Waals surface area contributed by atoms with Gasteiger partial charge in [-0.1, -0.05) is 69.2 Å². The second-order valence-electron chi connectivity index (χ2n) is 12.9. The lowest BCUT2D eigenvalue weighted by atomic mass is 9.90. The summed E-state index contributed by atoms with van der Waals surface area (Å²) in [5.41, 5.74) is 0.375. The van der Waals surface area contributed by atoms with Gasteiger partial charge in [0.25, 0.3) is 5.91 Å². The van der Waals surface area contributed by atoms with Gasteiger partial charge in [-0.25, -0.2) is 4.79 Å². The number of rotatable bonds is 10. The van der Waals surface area contributed by atoms with E-state index in [2.05, 4.69) is 16.6 Å². The lowest BCUT2D eigenvalue weighted by Gasteiger charge is -2.44. The number of nitrogens with one attached hydrogen (secondary N) is 2. The van der Waals surface area contributed by atoms with Crippen molar-refractivity contribution in [2.24, 2.45) is 5.92 Å². The van der Waals surface area contributed by atoms with Crippen molar-refractivity contribution in [1.82, 2.24) is 10.2 Å². The number of hydrogen-bond donors (Lipinski definition) is 2. The Kier molecular flexibility index (Phi) is 10.6. The highest BCUT2D eigenvalue weighted by Gasteiger charge is 2.43. The lowest BCUT2D eigenvalue weighted by molar-refractivity contribution is -0.148. The van der Waals surface area contributed by atoms with Crippen LogP contribution in [0.15, 0.2) is 66.7 Å². The molecule has 228 valence electrons. The van der Waals surface area contributed by atoms with Crippen LogP contribution in [0.25, 0.3) is 10.8 Å². The molecule has 2 N–H and O–H groups in total. The molecule has 0 fully saturated rings. The van der Waals surface area contributed by atoms with Crippen LogP contribution in [0.2, 0.25) is 0 Å². The monoisotopic (exact) mass is 583 g/mol. The fourth-order valence-corrected chi connectivity index (χ4v) is 4.91. The summed E-state index contributed by atoms with van der Waals surface area (Å²) in [6.07, 6.45) is 5.85. The van der Waals surface area contributed by atoms with Crippen molar-refractivity contribution >= 4 is 34.4 Å². The number of carbonyl (C=O) groups excluding carboxylic acids is 3. The Hall–Kier alpha value is -4.31. The van der Waals surface area contributed by atoms with Crippen LogP contribution in [0, 0.1) is 18.3 Å². The first-order valence-corrected chi connectivity index (χ1v) is 14.8. The van der Waals surface area contributed by atoms with Crippen molar-refractivity contribution in [3.63, 3.8) is 0 Å². The van der Waals surface area contributed by atoms with E-state index in [0.29, 0.717) is 29.7 Å². The summed E-state index contributed by atoms with van der Waals surface area (Å²) in [5, 5.41) is 7.90. The molecule has 0 radical (unpaired) electrons. The molecule has 2 atom stereocenters. The van der Waals surface area contributed by atoms with Gasteiger partial charge in [-0.15, -0.1) is 6.42 Å². The van der Waals surface area contributed by atoms with Crippen molar-refractivity contribution in [2.45, 2.75) is 91.5 Å². The molecular weight excluding hydrogens is 538 g/mol. The van der Waals surface area contributed by atoms with E-state index in [1.807, 2.05) is 77.1 Å². The number of terminal acetylenes is 1. The van der Waals surface area contributed by atoms with Crippen LogP contribution in [0.4, 0.5) is 10.5 Å². The molecule has 0 bridgehead atoms. The quantitative estimate of drug-likeness (QED) is 0.243. The average Bonchev–Trinajstić information content (AvgIpc) is 2.93. The van der Waals surface area contributed by atoms with Gasteiger partial charge in [-0.05, 0) is 94.0 Å². The zero-order valence-electron chi connectivity index (χ0n) is 26.7. The molecule has 7 heteroatoms. The van der Waals surface area contributed by atoms with E-state index in [1.54, 1.807) is 49.9 Å². The zero-order chi connectivity index (χ0) is 31.9. The fourth-order valence-electron chi connectivity index (χ4n) is 4.91. The molecule has 0 aromatic heterocycles. The molecule has 0 heterocycles. The number of fused-ring (bicyclic) bond motifs is 1. The second-order valence-corrected chi connectivity index (χ2v) is 12.9. The summed E-state index contributed by atoms with van der Waals surface area (Å²) in [7, 11) is 0. The summed E-state index contributed by atoms with van der Waals surface area (Å²) in [6.45, 7) is 15.1. The van der Waals surface area contributed by atoms with Gasteiger partial charge < -0.3 is 20.3 Å². The molecule has 0 saturated heterocycles. The van der Waals surface area contributed by atoms with Crippen molar-refractivity contribution in [3.05, 3.63) is 77.9 Å². The molecule has 0 aliphatic heterocycles.